The third kappa shape index (κ3) is 8.24. The van der Waals surface area contributed by atoms with E-state index in [-0.39, 0.29) is 18.4 Å². The molecule has 0 spiro atoms. The summed E-state index contributed by atoms with van der Waals surface area (Å²) >= 11 is 11.5. The summed E-state index contributed by atoms with van der Waals surface area (Å²) in [5.41, 5.74) is -0.175. The Balaban J connectivity index is 0.000000558. The van der Waals surface area contributed by atoms with E-state index in [2.05, 4.69) is 0 Å². The standard InChI is InChI=1S/C22H30ClNO5.C6H5Cl/c1-4-6-13-29-20(27)17(5-2)24-18(15-7-9-16(23)10-8-15)11-12-22(3,21(24)28)14-19(25)26;7-6-4-2-1-3-5-6/h7-10,17-18H,4-6,11-14H2,1-3H3,(H,25,26);1-5H/t17?,18-,22-;/m0./s1. The number of piperidine rings is 1. The minimum atomic E-state index is -1.05. The number of carbonyl (C=O) groups is 3. The van der Waals surface area contributed by atoms with Crippen LogP contribution in [0.25, 0.3) is 0 Å². The highest BCUT2D eigenvalue weighted by Gasteiger charge is 2.49. The van der Waals surface area contributed by atoms with Crippen molar-refractivity contribution in [1.82, 2.24) is 4.90 Å². The predicted molar refractivity (Wildman–Crippen MR) is 142 cm³/mol. The largest absolute Gasteiger partial charge is 0.481 e. The lowest BCUT2D eigenvalue weighted by Crippen LogP contribution is -2.56. The van der Waals surface area contributed by atoms with E-state index in [1.54, 1.807) is 24.0 Å². The van der Waals surface area contributed by atoms with E-state index in [1.165, 1.54) is 0 Å². The lowest BCUT2D eigenvalue weighted by molar-refractivity contribution is -0.168. The first-order chi connectivity index (χ1) is 17.1. The van der Waals surface area contributed by atoms with Crippen LogP contribution in [0, 0.1) is 5.41 Å². The fourth-order valence-corrected chi connectivity index (χ4v) is 4.60. The number of carboxylic acid groups (broad SMARTS) is 1. The summed E-state index contributed by atoms with van der Waals surface area (Å²) in [6.07, 6.45) is 2.78. The molecule has 2 aromatic carbocycles. The average Bonchev–Trinajstić information content (AvgIpc) is 2.84. The van der Waals surface area contributed by atoms with Crippen LogP contribution in [0.2, 0.25) is 10.0 Å². The van der Waals surface area contributed by atoms with Crippen molar-refractivity contribution in [3.63, 3.8) is 0 Å². The molecule has 1 N–H and O–H groups in total. The summed E-state index contributed by atoms with van der Waals surface area (Å²) in [7, 11) is 0. The number of unbranched alkanes of at least 4 members (excludes halogenated alkanes) is 1. The molecule has 0 aliphatic carbocycles. The van der Waals surface area contributed by atoms with Crippen LogP contribution in [-0.4, -0.2) is 40.5 Å². The Morgan fingerprint density at radius 2 is 1.69 bits per heavy atom. The number of ether oxygens (including phenoxy) is 1. The highest BCUT2D eigenvalue weighted by molar-refractivity contribution is 6.30. The summed E-state index contributed by atoms with van der Waals surface area (Å²) in [5, 5.41) is 10.7. The number of amides is 1. The number of benzene rings is 2. The van der Waals surface area contributed by atoms with Crippen LogP contribution in [-0.2, 0) is 19.1 Å². The Labute approximate surface area is 223 Å². The minimum absolute atomic E-state index is 0.267. The monoisotopic (exact) mass is 535 g/mol. The second-order valence-electron chi connectivity index (χ2n) is 9.19. The van der Waals surface area contributed by atoms with E-state index in [9.17, 15) is 19.5 Å². The summed E-state index contributed by atoms with van der Waals surface area (Å²) in [6.45, 7) is 5.82. The van der Waals surface area contributed by atoms with Gasteiger partial charge in [-0.25, -0.2) is 4.79 Å². The number of hydrogen-bond donors (Lipinski definition) is 1. The third-order valence-electron chi connectivity index (χ3n) is 6.32. The van der Waals surface area contributed by atoms with Crippen molar-refractivity contribution in [3.05, 3.63) is 70.2 Å². The summed E-state index contributed by atoms with van der Waals surface area (Å²) in [5.74, 6) is -1.78. The molecule has 6 nitrogen and oxygen atoms in total. The Hall–Kier alpha value is -2.57. The second-order valence-corrected chi connectivity index (χ2v) is 10.1. The molecular weight excluding hydrogens is 501 g/mol. The number of carboxylic acids is 1. The van der Waals surface area contributed by atoms with Crippen LogP contribution in [0.15, 0.2) is 54.6 Å². The molecule has 196 valence electrons. The van der Waals surface area contributed by atoms with Crippen LogP contribution >= 0.6 is 23.2 Å². The number of esters is 1. The highest BCUT2D eigenvalue weighted by Crippen LogP contribution is 2.44. The van der Waals surface area contributed by atoms with Crippen molar-refractivity contribution in [3.8, 4) is 0 Å². The molecule has 1 aliphatic heterocycles. The average molecular weight is 536 g/mol. The van der Waals surface area contributed by atoms with Crippen molar-refractivity contribution in [2.75, 3.05) is 6.61 Å². The fraction of sp³-hybridized carbons (Fsp3) is 0.464. The van der Waals surface area contributed by atoms with Gasteiger partial charge in [0.1, 0.15) is 6.04 Å². The topological polar surface area (TPSA) is 83.9 Å². The molecule has 1 amide bonds. The Morgan fingerprint density at radius 3 is 2.19 bits per heavy atom. The molecule has 1 fully saturated rings. The van der Waals surface area contributed by atoms with Gasteiger partial charge in [-0.05, 0) is 55.5 Å². The van der Waals surface area contributed by atoms with E-state index in [4.69, 9.17) is 27.9 Å². The summed E-state index contributed by atoms with van der Waals surface area (Å²) in [6, 6.07) is 15.6. The van der Waals surface area contributed by atoms with Crippen molar-refractivity contribution in [2.45, 2.75) is 71.4 Å². The van der Waals surface area contributed by atoms with Gasteiger partial charge in [0.05, 0.1) is 24.5 Å². The Kier molecular flexibility index (Phi) is 11.7. The van der Waals surface area contributed by atoms with Crippen molar-refractivity contribution >= 4 is 41.0 Å². The van der Waals surface area contributed by atoms with Gasteiger partial charge in [-0.1, -0.05) is 80.7 Å². The van der Waals surface area contributed by atoms with Gasteiger partial charge in [0.25, 0.3) is 0 Å². The first-order valence-corrected chi connectivity index (χ1v) is 13.1. The maximum atomic E-state index is 13.5. The lowest BCUT2D eigenvalue weighted by atomic mass is 9.74. The maximum Gasteiger partial charge on any atom is 0.328 e. The molecule has 3 rings (SSSR count). The van der Waals surface area contributed by atoms with Gasteiger partial charge in [0.2, 0.25) is 5.91 Å². The summed E-state index contributed by atoms with van der Waals surface area (Å²) in [4.78, 5) is 39.2. The zero-order valence-corrected chi connectivity index (χ0v) is 22.6. The van der Waals surface area contributed by atoms with Gasteiger partial charge in [0.15, 0.2) is 0 Å². The van der Waals surface area contributed by atoms with Gasteiger partial charge >= 0.3 is 11.9 Å². The molecule has 1 saturated heterocycles. The van der Waals surface area contributed by atoms with Crippen LogP contribution in [0.3, 0.4) is 0 Å². The molecular formula is C28H35Cl2NO5. The van der Waals surface area contributed by atoms with E-state index in [0.29, 0.717) is 30.9 Å². The smallest absolute Gasteiger partial charge is 0.328 e. The number of aliphatic carboxylic acids is 1. The van der Waals surface area contributed by atoms with E-state index < -0.39 is 23.4 Å². The first-order valence-electron chi connectivity index (χ1n) is 12.3. The lowest BCUT2D eigenvalue weighted by Gasteiger charge is -2.46. The molecule has 1 aliphatic rings. The van der Waals surface area contributed by atoms with Crippen molar-refractivity contribution in [2.24, 2.45) is 5.41 Å². The van der Waals surface area contributed by atoms with Crippen LogP contribution in [0.5, 0.6) is 0 Å². The SMILES string of the molecule is CCCCOC(=O)C(CC)N1C(=O)[C@](C)(CC(=O)O)CC[C@H]1c1ccc(Cl)cc1.Clc1ccccc1. The van der Waals surface area contributed by atoms with Crippen molar-refractivity contribution in [1.29, 1.82) is 0 Å². The summed E-state index contributed by atoms with van der Waals surface area (Å²) < 4.78 is 5.42. The van der Waals surface area contributed by atoms with Gasteiger partial charge in [0, 0.05) is 10.0 Å². The molecule has 0 bridgehead atoms. The first kappa shape index (κ1) is 29.7. The number of nitrogens with zero attached hydrogens (tertiary/aromatic N) is 1. The van der Waals surface area contributed by atoms with Gasteiger partial charge in [-0.2, -0.15) is 0 Å². The van der Waals surface area contributed by atoms with E-state index in [1.807, 2.05) is 56.3 Å². The maximum absolute atomic E-state index is 13.5. The van der Waals surface area contributed by atoms with Gasteiger partial charge in [-0.15, -0.1) is 0 Å². The molecule has 0 aromatic heterocycles. The fourth-order valence-electron chi connectivity index (χ4n) is 4.33. The molecule has 2 aromatic rings. The number of likely N-dealkylation sites (tertiary alicyclic amines) is 1. The molecule has 36 heavy (non-hydrogen) atoms. The second kappa shape index (κ2) is 14.2. The van der Waals surface area contributed by atoms with Gasteiger partial charge < -0.3 is 14.7 Å². The molecule has 0 saturated carbocycles. The third-order valence-corrected chi connectivity index (χ3v) is 6.83. The Morgan fingerprint density at radius 1 is 1.08 bits per heavy atom. The number of halogens is 2. The van der Waals surface area contributed by atoms with E-state index in [0.717, 1.165) is 23.4 Å². The Bertz CT molecular complexity index is 999. The minimum Gasteiger partial charge on any atom is -0.481 e. The zero-order chi connectivity index (χ0) is 26.7. The van der Waals surface area contributed by atoms with E-state index >= 15 is 0 Å². The van der Waals surface area contributed by atoms with Crippen molar-refractivity contribution < 1.29 is 24.2 Å². The zero-order valence-electron chi connectivity index (χ0n) is 21.1. The molecule has 8 heteroatoms. The quantitative estimate of drug-likeness (QED) is 0.277. The van der Waals surface area contributed by atoms with Crippen LogP contribution in [0.4, 0.5) is 0 Å². The predicted octanol–water partition coefficient (Wildman–Crippen LogP) is 6.95. The van der Waals surface area contributed by atoms with Gasteiger partial charge in [-0.3, -0.25) is 9.59 Å². The number of hydrogen-bond acceptors (Lipinski definition) is 4. The molecule has 1 heterocycles. The number of rotatable bonds is 9. The number of carbonyl (C=O) groups excluding carboxylic acids is 2. The highest BCUT2D eigenvalue weighted by atomic mass is 35.5. The molecule has 0 radical (unpaired) electrons. The normalized spacial score (nSPS) is 20.2. The van der Waals surface area contributed by atoms with Crippen LogP contribution in [0.1, 0.15) is 70.9 Å². The van der Waals surface area contributed by atoms with Crippen LogP contribution < -0.4 is 0 Å². The molecule has 1 unspecified atom stereocenters. The molecule has 3 atom stereocenters.